The third-order valence-electron chi connectivity index (χ3n) is 3.29. The van der Waals surface area contributed by atoms with Crippen LogP contribution in [0.1, 0.15) is 30.6 Å². The number of hydrogen-bond donors (Lipinski definition) is 3. The van der Waals surface area contributed by atoms with Crippen molar-refractivity contribution in [1.29, 1.82) is 0 Å². The number of nitrogens with one attached hydrogen (secondary N) is 1. The summed E-state index contributed by atoms with van der Waals surface area (Å²) >= 11 is 0. The normalized spacial score (nSPS) is 12.6. The lowest BCUT2D eigenvalue weighted by atomic mass is 10.0. The predicted molar refractivity (Wildman–Crippen MR) is 82.7 cm³/mol. The molecular weight excluding hydrogens is 268 g/mol. The molecule has 2 aromatic rings. The average Bonchev–Trinajstić information content (AvgIpc) is 2.45. The number of aliphatic hydroxyl groups excluding tert-OH is 1. The number of anilines is 1. The first-order valence-corrected chi connectivity index (χ1v) is 7.01. The van der Waals surface area contributed by atoms with Crippen LogP contribution in [0.3, 0.4) is 0 Å². The van der Waals surface area contributed by atoms with Crippen molar-refractivity contribution < 1.29 is 15.0 Å². The van der Waals surface area contributed by atoms with E-state index >= 15 is 0 Å². The van der Waals surface area contributed by atoms with E-state index in [9.17, 15) is 9.90 Å². The zero-order chi connectivity index (χ0) is 15.4. The molecule has 0 aliphatic rings. The van der Waals surface area contributed by atoms with Gasteiger partial charge in [-0.15, -0.1) is 0 Å². The molecule has 1 aromatic carbocycles. The van der Waals surface area contributed by atoms with Crippen LogP contribution >= 0.6 is 0 Å². The van der Waals surface area contributed by atoms with Crippen LogP contribution in [-0.4, -0.2) is 33.8 Å². The van der Waals surface area contributed by atoms with E-state index in [1.54, 1.807) is 30.3 Å². The summed E-state index contributed by atoms with van der Waals surface area (Å²) in [6, 6.07) is 8.46. The van der Waals surface area contributed by atoms with Gasteiger partial charge in [0.05, 0.1) is 23.7 Å². The number of carbonyl (C=O) groups is 1. The molecule has 5 heteroatoms. The van der Waals surface area contributed by atoms with Crippen LogP contribution in [0.15, 0.2) is 30.3 Å². The van der Waals surface area contributed by atoms with Crippen molar-refractivity contribution in [3.05, 3.63) is 35.9 Å². The van der Waals surface area contributed by atoms with E-state index < -0.39 is 5.97 Å². The van der Waals surface area contributed by atoms with Crippen LogP contribution in [0.2, 0.25) is 0 Å². The largest absolute Gasteiger partial charge is 0.478 e. The molecule has 1 unspecified atom stereocenters. The number of aromatic nitrogens is 1. The predicted octanol–water partition coefficient (Wildman–Crippen LogP) is 2.75. The van der Waals surface area contributed by atoms with E-state index in [2.05, 4.69) is 24.1 Å². The van der Waals surface area contributed by atoms with Crippen molar-refractivity contribution in [3.8, 4) is 0 Å². The van der Waals surface area contributed by atoms with Crippen LogP contribution in [0.25, 0.3) is 10.9 Å². The van der Waals surface area contributed by atoms with Gasteiger partial charge in [-0.25, -0.2) is 9.78 Å². The Labute approximate surface area is 123 Å². The number of benzene rings is 1. The highest BCUT2D eigenvalue weighted by Gasteiger charge is 2.12. The van der Waals surface area contributed by atoms with Gasteiger partial charge in [-0.1, -0.05) is 19.9 Å². The third kappa shape index (κ3) is 3.70. The summed E-state index contributed by atoms with van der Waals surface area (Å²) in [6.45, 7) is 4.22. The molecule has 112 valence electrons. The second-order valence-electron chi connectivity index (χ2n) is 5.53. The van der Waals surface area contributed by atoms with Gasteiger partial charge in [-0.3, -0.25) is 0 Å². The molecule has 5 nitrogen and oxygen atoms in total. The molecule has 0 aliphatic heterocycles. The SMILES string of the molecule is CC(C)CC(CO)Nc1ccc2c(C(=O)O)cccc2n1. The highest BCUT2D eigenvalue weighted by Crippen LogP contribution is 2.20. The molecule has 0 aliphatic carbocycles. The Bertz CT molecular complexity index is 640. The minimum Gasteiger partial charge on any atom is -0.478 e. The summed E-state index contributed by atoms with van der Waals surface area (Å²) in [5, 5.41) is 22.4. The number of aromatic carboxylic acids is 1. The fourth-order valence-electron chi connectivity index (χ4n) is 2.38. The van der Waals surface area contributed by atoms with Crippen molar-refractivity contribution in [3.63, 3.8) is 0 Å². The molecule has 3 N–H and O–H groups in total. The summed E-state index contributed by atoms with van der Waals surface area (Å²) < 4.78 is 0. The standard InChI is InChI=1S/C16H20N2O3/c1-10(2)8-11(9-19)17-15-7-6-12-13(16(20)21)4-3-5-14(12)18-15/h3-7,10-11,19H,8-9H2,1-2H3,(H,17,18)(H,20,21). The van der Waals surface area contributed by atoms with E-state index in [0.29, 0.717) is 22.6 Å². The number of pyridine rings is 1. The third-order valence-corrected chi connectivity index (χ3v) is 3.29. The maximum atomic E-state index is 11.2. The van der Waals surface area contributed by atoms with Gasteiger partial charge in [0.2, 0.25) is 0 Å². The fourth-order valence-corrected chi connectivity index (χ4v) is 2.38. The first-order valence-electron chi connectivity index (χ1n) is 7.01. The average molecular weight is 288 g/mol. The summed E-state index contributed by atoms with van der Waals surface area (Å²) in [4.78, 5) is 15.6. The first kappa shape index (κ1) is 15.3. The molecule has 0 saturated carbocycles. The van der Waals surface area contributed by atoms with E-state index in [1.807, 2.05) is 0 Å². The quantitative estimate of drug-likeness (QED) is 0.761. The van der Waals surface area contributed by atoms with Crippen molar-refractivity contribution in [2.24, 2.45) is 5.92 Å². The molecule has 1 aromatic heterocycles. The molecule has 1 heterocycles. The molecule has 1 atom stereocenters. The number of carboxylic acids is 1. The van der Waals surface area contributed by atoms with E-state index in [1.165, 1.54) is 0 Å². The minimum absolute atomic E-state index is 0.0348. The van der Waals surface area contributed by atoms with Crippen molar-refractivity contribution >= 4 is 22.7 Å². The smallest absolute Gasteiger partial charge is 0.336 e. The molecule has 0 radical (unpaired) electrons. The molecule has 21 heavy (non-hydrogen) atoms. The van der Waals surface area contributed by atoms with Gasteiger partial charge in [-0.2, -0.15) is 0 Å². The lowest BCUT2D eigenvalue weighted by molar-refractivity contribution is 0.0699. The number of carboxylic acid groups (broad SMARTS) is 1. The maximum Gasteiger partial charge on any atom is 0.336 e. The molecule has 0 fully saturated rings. The van der Waals surface area contributed by atoms with Crippen molar-refractivity contribution in [2.45, 2.75) is 26.3 Å². The fraction of sp³-hybridized carbons (Fsp3) is 0.375. The van der Waals surface area contributed by atoms with Crippen LogP contribution in [-0.2, 0) is 0 Å². The number of hydrogen-bond acceptors (Lipinski definition) is 4. The summed E-state index contributed by atoms with van der Waals surface area (Å²) in [5.74, 6) is 0.148. The Morgan fingerprint density at radius 1 is 1.29 bits per heavy atom. The van der Waals surface area contributed by atoms with Crippen LogP contribution in [0, 0.1) is 5.92 Å². The van der Waals surface area contributed by atoms with E-state index in [4.69, 9.17) is 5.11 Å². The maximum absolute atomic E-state index is 11.2. The Hall–Kier alpha value is -2.14. The molecule has 2 rings (SSSR count). The van der Waals surface area contributed by atoms with Crippen LogP contribution in [0.4, 0.5) is 5.82 Å². The number of rotatable bonds is 6. The van der Waals surface area contributed by atoms with Gasteiger partial charge >= 0.3 is 5.97 Å². The molecule has 0 bridgehead atoms. The van der Waals surface area contributed by atoms with Gasteiger partial charge in [0.15, 0.2) is 0 Å². The van der Waals surface area contributed by atoms with E-state index in [-0.39, 0.29) is 18.2 Å². The van der Waals surface area contributed by atoms with Gasteiger partial charge < -0.3 is 15.5 Å². The summed E-state index contributed by atoms with van der Waals surface area (Å²) in [6.07, 6.45) is 0.839. The number of fused-ring (bicyclic) bond motifs is 1. The van der Waals surface area contributed by atoms with Crippen molar-refractivity contribution in [2.75, 3.05) is 11.9 Å². The van der Waals surface area contributed by atoms with E-state index in [0.717, 1.165) is 6.42 Å². The Kier molecular flexibility index (Phi) is 4.75. The van der Waals surface area contributed by atoms with Crippen LogP contribution in [0.5, 0.6) is 0 Å². The van der Waals surface area contributed by atoms with Crippen molar-refractivity contribution in [1.82, 2.24) is 4.98 Å². The Balaban J connectivity index is 2.29. The lowest BCUT2D eigenvalue weighted by Crippen LogP contribution is -2.26. The Morgan fingerprint density at radius 2 is 2.05 bits per heavy atom. The second kappa shape index (κ2) is 6.54. The molecular formula is C16H20N2O3. The zero-order valence-electron chi connectivity index (χ0n) is 12.2. The van der Waals surface area contributed by atoms with Gasteiger partial charge in [-0.05, 0) is 36.6 Å². The summed E-state index contributed by atoms with van der Waals surface area (Å²) in [7, 11) is 0. The molecule has 0 saturated heterocycles. The van der Waals surface area contributed by atoms with Gasteiger partial charge in [0, 0.05) is 5.39 Å². The second-order valence-corrected chi connectivity index (χ2v) is 5.53. The molecule has 0 amide bonds. The Morgan fingerprint density at radius 3 is 2.67 bits per heavy atom. The van der Waals surface area contributed by atoms with Gasteiger partial charge in [0.25, 0.3) is 0 Å². The monoisotopic (exact) mass is 288 g/mol. The highest BCUT2D eigenvalue weighted by atomic mass is 16.4. The van der Waals surface area contributed by atoms with Gasteiger partial charge in [0.1, 0.15) is 5.82 Å². The van der Waals surface area contributed by atoms with Crippen LogP contribution < -0.4 is 5.32 Å². The highest BCUT2D eigenvalue weighted by molar-refractivity contribution is 6.02. The topological polar surface area (TPSA) is 82.5 Å². The number of nitrogens with zero attached hydrogens (tertiary/aromatic N) is 1. The minimum atomic E-state index is -0.962. The number of aliphatic hydroxyl groups is 1. The summed E-state index contributed by atoms with van der Waals surface area (Å²) in [5.41, 5.74) is 0.869. The molecule has 0 spiro atoms. The zero-order valence-corrected chi connectivity index (χ0v) is 12.2. The lowest BCUT2D eigenvalue weighted by Gasteiger charge is -2.19. The first-order chi connectivity index (χ1) is 10.0.